The van der Waals surface area contributed by atoms with Crippen molar-refractivity contribution in [3.63, 3.8) is 0 Å². The van der Waals surface area contributed by atoms with Crippen molar-refractivity contribution in [2.24, 2.45) is 0 Å². The standard InChI is InChI=1S/C15H11BrN2O/c16-12-6-5-10(17)9-15(12)19-14-7-8-18-13-4-2-1-3-11(13)14/h1-9H,17H2. The van der Waals surface area contributed by atoms with E-state index in [1.807, 2.05) is 42.5 Å². The Hall–Kier alpha value is -2.07. The largest absolute Gasteiger partial charge is 0.455 e. The number of benzene rings is 2. The summed E-state index contributed by atoms with van der Waals surface area (Å²) in [4.78, 5) is 4.31. The van der Waals surface area contributed by atoms with Crippen molar-refractivity contribution in [1.82, 2.24) is 4.98 Å². The number of hydrogen-bond acceptors (Lipinski definition) is 3. The van der Waals surface area contributed by atoms with Gasteiger partial charge in [0.25, 0.3) is 0 Å². The highest BCUT2D eigenvalue weighted by Crippen LogP contribution is 2.34. The minimum absolute atomic E-state index is 0.663. The van der Waals surface area contributed by atoms with Crippen LogP contribution in [-0.2, 0) is 0 Å². The second-order valence-corrected chi connectivity index (χ2v) is 4.97. The van der Waals surface area contributed by atoms with Gasteiger partial charge in [0.05, 0.1) is 9.99 Å². The Kier molecular flexibility index (Phi) is 3.09. The zero-order valence-electron chi connectivity index (χ0n) is 10.0. The zero-order chi connectivity index (χ0) is 13.2. The molecule has 0 atom stereocenters. The van der Waals surface area contributed by atoms with Crippen LogP contribution in [0, 0.1) is 0 Å². The third-order valence-electron chi connectivity index (χ3n) is 2.78. The molecule has 0 spiro atoms. The summed E-state index contributed by atoms with van der Waals surface area (Å²) in [7, 11) is 0. The molecule has 4 heteroatoms. The van der Waals surface area contributed by atoms with E-state index in [9.17, 15) is 0 Å². The second kappa shape index (κ2) is 4.90. The third-order valence-corrected chi connectivity index (χ3v) is 3.44. The Balaban J connectivity index is 2.08. The highest BCUT2D eigenvalue weighted by atomic mass is 79.9. The number of nitrogen functional groups attached to an aromatic ring is 1. The van der Waals surface area contributed by atoms with Crippen molar-refractivity contribution in [3.05, 3.63) is 59.2 Å². The lowest BCUT2D eigenvalue weighted by atomic mass is 10.2. The molecule has 94 valence electrons. The van der Waals surface area contributed by atoms with E-state index in [1.54, 1.807) is 12.3 Å². The first-order chi connectivity index (χ1) is 9.24. The van der Waals surface area contributed by atoms with Crippen LogP contribution in [0.5, 0.6) is 11.5 Å². The number of fused-ring (bicyclic) bond motifs is 1. The van der Waals surface area contributed by atoms with E-state index in [0.717, 1.165) is 21.1 Å². The molecule has 0 amide bonds. The Bertz CT molecular complexity index is 738. The van der Waals surface area contributed by atoms with Crippen LogP contribution < -0.4 is 10.5 Å². The van der Waals surface area contributed by atoms with Crippen molar-refractivity contribution >= 4 is 32.5 Å². The highest BCUT2D eigenvalue weighted by molar-refractivity contribution is 9.10. The molecule has 0 aliphatic heterocycles. The maximum Gasteiger partial charge on any atom is 0.143 e. The van der Waals surface area contributed by atoms with E-state index in [0.29, 0.717) is 11.4 Å². The van der Waals surface area contributed by atoms with E-state index >= 15 is 0 Å². The van der Waals surface area contributed by atoms with Crippen molar-refractivity contribution in [3.8, 4) is 11.5 Å². The second-order valence-electron chi connectivity index (χ2n) is 4.12. The Morgan fingerprint density at radius 2 is 1.84 bits per heavy atom. The van der Waals surface area contributed by atoms with Gasteiger partial charge in [0, 0.05) is 23.3 Å². The van der Waals surface area contributed by atoms with Crippen LogP contribution >= 0.6 is 15.9 Å². The molecule has 3 aromatic rings. The molecule has 1 heterocycles. The van der Waals surface area contributed by atoms with E-state index in [1.165, 1.54) is 0 Å². The summed E-state index contributed by atoms with van der Waals surface area (Å²) in [6, 6.07) is 15.2. The van der Waals surface area contributed by atoms with Gasteiger partial charge in [0.2, 0.25) is 0 Å². The van der Waals surface area contributed by atoms with Crippen molar-refractivity contribution in [2.75, 3.05) is 5.73 Å². The summed E-state index contributed by atoms with van der Waals surface area (Å²) in [6.07, 6.45) is 1.73. The molecule has 0 fully saturated rings. The van der Waals surface area contributed by atoms with Gasteiger partial charge < -0.3 is 10.5 Å². The lowest BCUT2D eigenvalue weighted by molar-refractivity contribution is 0.485. The molecule has 0 saturated heterocycles. The molecular weight excluding hydrogens is 304 g/mol. The van der Waals surface area contributed by atoms with Gasteiger partial charge in [-0.05, 0) is 46.3 Å². The Morgan fingerprint density at radius 1 is 1.00 bits per heavy atom. The lowest BCUT2D eigenvalue weighted by Gasteiger charge is -2.10. The fraction of sp³-hybridized carbons (Fsp3) is 0. The van der Waals surface area contributed by atoms with Crippen molar-refractivity contribution in [2.45, 2.75) is 0 Å². The fourth-order valence-corrected chi connectivity index (χ4v) is 2.20. The number of hydrogen-bond donors (Lipinski definition) is 1. The maximum atomic E-state index is 5.94. The van der Waals surface area contributed by atoms with Crippen molar-refractivity contribution < 1.29 is 4.74 Å². The average molecular weight is 315 g/mol. The minimum Gasteiger partial charge on any atom is -0.455 e. The smallest absolute Gasteiger partial charge is 0.143 e. The molecule has 19 heavy (non-hydrogen) atoms. The number of nitrogens with zero attached hydrogens (tertiary/aromatic N) is 1. The molecule has 0 radical (unpaired) electrons. The van der Waals surface area contributed by atoms with Gasteiger partial charge in [0.15, 0.2) is 0 Å². The quantitative estimate of drug-likeness (QED) is 0.714. The molecule has 0 bridgehead atoms. The monoisotopic (exact) mass is 314 g/mol. The van der Waals surface area contributed by atoms with Crippen LogP contribution in [-0.4, -0.2) is 4.98 Å². The molecule has 3 rings (SSSR count). The molecule has 0 saturated carbocycles. The van der Waals surface area contributed by atoms with Gasteiger partial charge in [-0.15, -0.1) is 0 Å². The maximum absolute atomic E-state index is 5.94. The van der Waals surface area contributed by atoms with Gasteiger partial charge in [-0.25, -0.2) is 0 Å². The summed E-state index contributed by atoms with van der Waals surface area (Å²) in [5.41, 5.74) is 7.35. The summed E-state index contributed by atoms with van der Waals surface area (Å²) in [5.74, 6) is 1.45. The topological polar surface area (TPSA) is 48.1 Å². The first kappa shape index (κ1) is 12.0. The normalized spacial score (nSPS) is 10.6. The number of ether oxygens (including phenoxy) is 1. The number of pyridine rings is 1. The highest BCUT2D eigenvalue weighted by Gasteiger charge is 2.07. The molecule has 0 aliphatic rings. The van der Waals surface area contributed by atoms with Crippen LogP contribution in [0.15, 0.2) is 59.2 Å². The first-order valence-electron chi connectivity index (χ1n) is 5.81. The van der Waals surface area contributed by atoms with E-state index < -0.39 is 0 Å². The Morgan fingerprint density at radius 3 is 2.74 bits per heavy atom. The third kappa shape index (κ3) is 2.39. The van der Waals surface area contributed by atoms with E-state index in [2.05, 4.69) is 20.9 Å². The average Bonchev–Trinajstić information content (AvgIpc) is 2.43. The molecular formula is C15H11BrN2O. The minimum atomic E-state index is 0.663. The predicted molar refractivity (Wildman–Crippen MR) is 80.4 cm³/mol. The number of para-hydroxylation sites is 1. The van der Waals surface area contributed by atoms with Crippen molar-refractivity contribution in [1.29, 1.82) is 0 Å². The summed E-state index contributed by atoms with van der Waals surface area (Å²) < 4.78 is 6.80. The Labute approximate surface area is 119 Å². The summed E-state index contributed by atoms with van der Waals surface area (Å²) in [6.45, 7) is 0. The SMILES string of the molecule is Nc1ccc(Br)c(Oc2ccnc3ccccc23)c1. The predicted octanol–water partition coefficient (Wildman–Crippen LogP) is 4.37. The van der Waals surface area contributed by atoms with E-state index in [4.69, 9.17) is 10.5 Å². The molecule has 1 aromatic heterocycles. The molecule has 2 aromatic carbocycles. The number of nitrogens with two attached hydrogens (primary N) is 1. The number of rotatable bonds is 2. The van der Waals surface area contributed by atoms with E-state index in [-0.39, 0.29) is 0 Å². The molecule has 2 N–H and O–H groups in total. The van der Waals surface area contributed by atoms with Crippen LogP contribution in [0.1, 0.15) is 0 Å². The number of halogens is 1. The van der Waals surface area contributed by atoms with Gasteiger partial charge in [-0.3, -0.25) is 4.98 Å². The van der Waals surface area contributed by atoms with Crippen LogP contribution in [0.2, 0.25) is 0 Å². The first-order valence-corrected chi connectivity index (χ1v) is 6.60. The van der Waals surface area contributed by atoms with Crippen LogP contribution in [0.4, 0.5) is 5.69 Å². The number of anilines is 1. The zero-order valence-corrected chi connectivity index (χ0v) is 11.6. The van der Waals surface area contributed by atoms with Crippen LogP contribution in [0.3, 0.4) is 0 Å². The van der Waals surface area contributed by atoms with Gasteiger partial charge >= 0.3 is 0 Å². The molecule has 3 nitrogen and oxygen atoms in total. The number of aromatic nitrogens is 1. The molecule has 0 unspecified atom stereocenters. The fourth-order valence-electron chi connectivity index (χ4n) is 1.88. The van der Waals surface area contributed by atoms with Crippen LogP contribution in [0.25, 0.3) is 10.9 Å². The summed E-state index contributed by atoms with van der Waals surface area (Å²) in [5, 5.41) is 0.972. The van der Waals surface area contributed by atoms with Gasteiger partial charge in [0.1, 0.15) is 11.5 Å². The van der Waals surface area contributed by atoms with Gasteiger partial charge in [-0.2, -0.15) is 0 Å². The van der Waals surface area contributed by atoms with Gasteiger partial charge in [-0.1, -0.05) is 12.1 Å². The molecule has 0 aliphatic carbocycles. The lowest BCUT2D eigenvalue weighted by Crippen LogP contribution is -1.90. The summed E-state index contributed by atoms with van der Waals surface area (Å²) >= 11 is 3.46.